The van der Waals surface area contributed by atoms with Crippen molar-refractivity contribution in [3.63, 3.8) is 0 Å². The Balaban J connectivity index is 1.68. The molecule has 2 N–H and O–H groups in total. The monoisotopic (exact) mass is 328 g/mol. The minimum atomic E-state index is 0.651. The summed E-state index contributed by atoms with van der Waals surface area (Å²) in [6.07, 6.45) is 2.11. The second kappa shape index (κ2) is 9.16. The van der Waals surface area contributed by atoms with Gasteiger partial charge in [0.1, 0.15) is 5.75 Å². The van der Waals surface area contributed by atoms with Gasteiger partial charge in [-0.1, -0.05) is 29.8 Å². The van der Waals surface area contributed by atoms with Crippen LogP contribution in [0.25, 0.3) is 0 Å². The van der Waals surface area contributed by atoms with E-state index in [1.807, 2.05) is 31.2 Å². The van der Waals surface area contributed by atoms with Crippen LogP contribution in [0.15, 0.2) is 48.5 Å². The molecule has 0 bridgehead atoms. The molecule has 0 amide bonds. The van der Waals surface area contributed by atoms with Crippen molar-refractivity contribution in [2.45, 2.75) is 26.7 Å². The molecule has 0 atom stereocenters. The molecule has 2 rings (SSSR count). The van der Waals surface area contributed by atoms with E-state index in [1.165, 1.54) is 11.1 Å². The molecule has 4 heteroatoms. The highest BCUT2D eigenvalue weighted by Crippen LogP contribution is 2.15. The van der Waals surface area contributed by atoms with Crippen LogP contribution in [0.1, 0.15) is 24.5 Å². The van der Waals surface area contributed by atoms with Crippen molar-refractivity contribution in [1.82, 2.24) is 5.32 Å². The van der Waals surface area contributed by atoms with Crippen LogP contribution in [0.2, 0.25) is 0 Å². The fourth-order valence-corrected chi connectivity index (χ4v) is 2.56. The van der Waals surface area contributed by atoms with Crippen molar-refractivity contribution >= 4 is 23.0 Å². The molecule has 0 aliphatic carbocycles. The zero-order valence-corrected chi connectivity index (χ0v) is 14.6. The summed E-state index contributed by atoms with van der Waals surface area (Å²) in [5.74, 6) is 0.870. The molecule has 0 aliphatic heterocycles. The normalized spacial score (nSPS) is 10.2. The second-order valence-corrected chi connectivity index (χ2v) is 5.84. The lowest BCUT2D eigenvalue weighted by atomic mass is 10.1. The maximum atomic E-state index is 5.42. The molecule has 2 aromatic carbocycles. The summed E-state index contributed by atoms with van der Waals surface area (Å²) in [6.45, 7) is 5.63. The van der Waals surface area contributed by atoms with E-state index < -0.39 is 0 Å². The van der Waals surface area contributed by atoms with E-state index in [1.54, 1.807) is 0 Å². The highest BCUT2D eigenvalue weighted by atomic mass is 32.1. The molecule has 0 aliphatic rings. The van der Waals surface area contributed by atoms with E-state index in [2.05, 4.69) is 41.8 Å². The minimum absolute atomic E-state index is 0.651. The lowest BCUT2D eigenvalue weighted by molar-refractivity contribution is 0.340. The maximum Gasteiger partial charge on any atom is 0.170 e. The van der Waals surface area contributed by atoms with Crippen LogP contribution >= 0.6 is 12.2 Å². The van der Waals surface area contributed by atoms with E-state index in [-0.39, 0.29) is 0 Å². The fourth-order valence-electron chi connectivity index (χ4n) is 2.34. The van der Waals surface area contributed by atoms with Gasteiger partial charge >= 0.3 is 0 Å². The number of nitrogens with one attached hydrogen (secondary N) is 2. The summed E-state index contributed by atoms with van der Waals surface area (Å²) < 4.78 is 5.42. The first kappa shape index (κ1) is 17.3. The van der Waals surface area contributed by atoms with Gasteiger partial charge in [-0.05, 0) is 68.7 Å². The number of benzene rings is 2. The van der Waals surface area contributed by atoms with Crippen LogP contribution in [0.3, 0.4) is 0 Å². The number of thiocarbonyl (C=S) groups is 1. The van der Waals surface area contributed by atoms with E-state index in [0.29, 0.717) is 11.7 Å². The molecule has 0 radical (unpaired) electrons. The SMILES string of the molecule is CCOc1ccc(NC(=S)NCCCc2cccc(C)c2)cc1. The summed E-state index contributed by atoms with van der Waals surface area (Å²) in [4.78, 5) is 0. The lowest BCUT2D eigenvalue weighted by Gasteiger charge is -2.11. The fraction of sp³-hybridized carbons (Fsp3) is 0.316. The first-order valence-electron chi connectivity index (χ1n) is 8.00. The summed E-state index contributed by atoms with van der Waals surface area (Å²) in [6, 6.07) is 16.4. The summed E-state index contributed by atoms with van der Waals surface area (Å²) >= 11 is 5.32. The van der Waals surface area contributed by atoms with Crippen LogP contribution in [-0.2, 0) is 6.42 Å². The van der Waals surface area contributed by atoms with Crippen molar-refractivity contribution in [1.29, 1.82) is 0 Å². The Kier molecular flexibility index (Phi) is 6.88. The summed E-state index contributed by atoms with van der Waals surface area (Å²) in [5.41, 5.74) is 3.64. The van der Waals surface area contributed by atoms with E-state index in [9.17, 15) is 0 Å². The van der Waals surface area contributed by atoms with E-state index in [0.717, 1.165) is 30.8 Å². The van der Waals surface area contributed by atoms with Crippen molar-refractivity contribution in [2.24, 2.45) is 0 Å². The molecule has 122 valence electrons. The van der Waals surface area contributed by atoms with Gasteiger partial charge in [0.15, 0.2) is 5.11 Å². The number of aryl methyl sites for hydroxylation is 2. The largest absolute Gasteiger partial charge is 0.494 e. The summed E-state index contributed by atoms with van der Waals surface area (Å²) in [7, 11) is 0. The van der Waals surface area contributed by atoms with Gasteiger partial charge in [0, 0.05) is 12.2 Å². The third-order valence-electron chi connectivity index (χ3n) is 3.43. The van der Waals surface area contributed by atoms with Crippen molar-refractivity contribution in [3.05, 3.63) is 59.7 Å². The van der Waals surface area contributed by atoms with Crippen LogP contribution in [0.4, 0.5) is 5.69 Å². The molecular formula is C19H24N2OS. The van der Waals surface area contributed by atoms with Crippen molar-refractivity contribution in [2.75, 3.05) is 18.5 Å². The van der Waals surface area contributed by atoms with Gasteiger partial charge < -0.3 is 15.4 Å². The Labute approximate surface area is 144 Å². The Morgan fingerprint density at radius 1 is 1.13 bits per heavy atom. The van der Waals surface area contributed by atoms with Gasteiger partial charge in [0.05, 0.1) is 6.61 Å². The molecule has 3 nitrogen and oxygen atoms in total. The Morgan fingerprint density at radius 2 is 1.91 bits per heavy atom. The second-order valence-electron chi connectivity index (χ2n) is 5.43. The Morgan fingerprint density at radius 3 is 2.61 bits per heavy atom. The van der Waals surface area contributed by atoms with Gasteiger partial charge in [-0.15, -0.1) is 0 Å². The zero-order valence-electron chi connectivity index (χ0n) is 13.8. The first-order chi connectivity index (χ1) is 11.2. The molecule has 0 aromatic heterocycles. The Bertz CT molecular complexity index is 626. The molecule has 0 spiro atoms. The molecule has 0 heterocycles. The van der Waals surface area contributed by atoms with Crippen LogP contribution < -0.4 is 15.4 Å². The van der Waals surface area contributed by atoms with Crippen molar-refractivity contribution < 1.29 is 4.74 Å². The predicted molar refractivity (Wildman–Crippen MR) is 101 cm³/mol. The lowest BCUT2D eigenvalue weighted by Crippen LogP contribution is -2.29. The molecule has 0 saturated carbocycles. The standard InChI is InChI=1S/C19H24N2OS/c1-3-22-18-11-9-17(10-12-18)21-19(23)20-13-5-8-16-7-4-6-15(2)14-16/h4,6-7,9-12,14H,3,5,8,13H2,1-2H3,(H2,20,21,23). The van der Waals surface area contributed by atoms with E-state index >= 15 is 0 Å². The van der Waals surface area contributed by atoms with Gasteiger partial charge in [-0.3, -0.25) is 0 Å². The Hall–Kier alpha value is -2.07. The number of ether oxygens (including phenoxy) is 1. The molecule has 23 heavy (non-hydrogen) atoms. The molecule has 2 aromatic rings. The highest BCUT2D eigenvalue weighted by molar-refractivity contribution is 7.80. The maximum absolute atomic E-state index is 5.42. The minimum Gasteiger partial charge on any atom is -0.494 e. The van der Waals surface area contributed by atoms with Crippen LogP contribution in [0.5, 0.6) is 5.75 Å². The van der Waals surface area contributed by atoms with Gasteiger partial charge in [-0.2, -0.15) is 0 Å². The number of hydrogen-bond donors (Lipinski definition) is 2. The van der Waals surface area contributed by atoms with Gasteiger partial charge in [-0.25, -0.2) is 0 Å². The highest BCUT2D eigenvalue weighted by Gasteiger charge is 1.99. The quantitative estimate of drug-likeness (QED) is 0.586. The molecule has 0 fully saturated rings. The number of rotatable bonds is 7. The zero-order chi connectivity index (χ0) is 16.5. The molecular weight excluding hydrogens is 304 g/mol. The van der Waals surface area contributed by atoms with Gasteiger partial charge in [0.25, 0.3) is 0 Å². The predicted octanol–water partition coefficient (Wildman–Crippen LogP) is 4.31. The molecule has 0 saturated heterocycles. The first-order valence-corrected chi connectivity index (χ1v) is 8.41. The smallest absolute Gasteiger partial charge is 0.170 e. The average Bonchev–Trinajstić information content (AvgIpc) is 2.54. The third-order valence-corrected chi connectivity index (χ3v) is 3.68. The molecule has 0 unspecified atom stereocenters. The third kappa shape index (κ3) is 6.28. The average molecular weight is 328 g/mol. The number of anilines is 1. The van der Waals surface area contributed by atoms with Gasteiger partial charge in [0.2, 0.25) is 0 Å². The van der Waals surface area contributed by atoms with Crippen LogP contribution in [-0.4, -0.2) is 18.3 Å². The summed E-state index contributed by atoms with van der Waals surface area (Å²) in [5, 5.41) is 7.08. The van der Waals surface area contributed by atoms with E-state index in [4.69, 9.17) is 17.0 Å². The number of hydrogen-bond acceptors (Lipinski definition) is 2. The van der Waals surface area contributed by atoms with Crippen LogP contribution in [0, 0.1) is 6.92 Å². The van der Waals surface area contributed by atoms with Crippen molar-refractivity contribution in [3.8, 4) is 5.75 Å². The topological polar surface area (TPSA) is 33.3 Å².